The summed E-state index contributed by atoms with van der Waals surface area (Å²) in [6.45, 7) is 5.99. The van der Waals surface area contributed by atoms with E-state index in [0.717, 1.165) is 95.3 Å². The number of Topliss-reactive ketones (excluding diaryl/α,β-unsaturated/α-hetero) is 1. The molecule has 6 aromatic rings. The van der Waals surface area contributed by atoms with Crippen LogP contribution in [0.5, 0.6) is 5.75 Å². The van der Waals surface area contributed by atoms with E-state index in [1.54, 1.807) is 13.3 Å². The molecule has 6 rings (SSSR count). The molecule has 0 spiro atoms. The van der Waals surface area contributed by atoms with Gasteiger partial charge < -0.3 is 19.0 Å². The minimum absolute atomic E-state index is 0.235. The molecular formula is C40H39F3N2O4. The number of fused-ring (bicyclic) bond motifs is 2. The third-order valence-corrected chi connectivity index (χ3v) is 8.57. The van der Waals surface area contributed by atoms with Gasteiger partial charge in [-0.15, -0.1) is 0 Å². The van der Waals surface area contributed by atoms with Crippen molar-refractivity contribution in [1.82, 2.24) is 9.13 Å². The quantitative estimate of drug-likeness (QED) is 0.110. The van der Waals surface area contributed by atoms with Gasteiger partial charge in [0.25, 0.3) is 5.78 Å². The van der Waals surface area contributed by atoms with Crippen LogP contribution in [0.15, 0.2) is 103 Å². The lowest BCUT2D eigenvalue weighted by Crippen LogP contribution is -2.12. The molecule has 254 valence electrons. The van der Waals surface area contributed by atoms with Crippen LogP contribution >= 0.6 is 0 Å². The van der Waals surface area contributed by atoms with Crippen molar-refractivity contribution in [3.63, 3.8) is 0 Å². The fourth-order valence-electron chi connectivity index (χ4n) is 5.82. The lowest BCUT2D eigenvalue weighted by Gasteiger charge is -2.08. The van der Waals surface area contributed by atoms with Gasteiger partial charge in [-0.1, -0.05) is 63.1 Å². The highest BCUT2D eigenvalue weighted by Gasteiger charge is 2.30. The Morgan fingerprint density at radius 1 is 0.714 bits per heavy atom. The van der Waals surface area contributed by atoms with Crippen molar-refractivity contribution in [1.29, 1.82) is 0 Å². The Bertz CT molecular complexity index is 2060. The molecule has 0 aliphatic rings. The fraction of sp³-hybridized carbons (Fsp3) is 0.250. The number of ketones is 1. The molecule has 0 atom stereocenters. The summed E-state index contributed by atoms with van der Waals surface area (Å²) in [5.41, 5.74) is 5.28. The average Bonchev–Trinajstić information content (AvgIpc) is 3.69. The van der Waals surface area contributed by atoms with Crippen LogP contribution in [-0.4, -0.2) is 33.1 Å². The molecule has 0 fully saturated rings. The summed E-state index contributed by atoms with van der Waals surface area (Å²) in [4.78, 5) is 23.4. The van der Waals surface area contributed by atoms with E-state index < -0.39 is 23.5 Å². The number of rotatable bonds is 11. The summed E-state index contributed by atoms with van der Waals surface area (Å²) in [6, 6.07) is 26.8. The van der Waals surface area contributed by atoms with Crippen LogP contribution in [0.4, 0.5) is 13.2 Å². The summed E-state index contributed by atoms with van der Waals surface area (Å²) in [6.07, 6.45) is 3.69. The SMILES string of the molecule is CCCCn1cc(C(=O)C(=O)O)c2cc(-c3ccc(OC)cc3)ccc21.CCCCn1ccc2cc(-c3ccc(C(F)(F)F)cc3)ccc21. The Morgan fingerprint density at radius 3 is 1.84 bits per heavy atom. The van der Waals surface area contributed by atoms with E-state index in [1.165, 1.54) is 12.1 Å². The van der Waals surface area contributed by atoms with Crippen molar-refractivity contribution >= 4 is 33.6 Å². The molecule has 2 aromatic heterocycles. The molecule has 0 saturated heterocycles. The third-order valence-electron chi connectivity index (χ3n) is 8.57. The van der Waals surface area contributed by atoms with Crippen molar-refractivity contribution in [3.8, 4) is 28.0 Å². The molecule has 6 nitrogen and oxygen atoms in total. The zero-order valence-electron chi connectivity index (χ0n) is 27.8. The number of carboxylic acid groups (broad SMARTS) is 1. The lowest BCUT2D eigenvalue weighted by molar-refractivity contribution is -0.137. The van der Waals surface area contributed by atoms with Crippen molar-refractivity contribution in [2.75, 3.05) is 7.11 Å². The number of aryl methyl sites for hydroxylation is 2. The molecule has 0 amide bonds. The summed E-state index contributed by atoms with van der Waals surface area (Å²) >= 11 is 0. The largest absolute Gasteiger partial charge is 0.497 e. The predicted octanol–water partition coefficient (Wildman–Crippen LogP) is 10.5. The van der Waals surface area contributed by atoms with Crippen LogP contribution in [0.25, 0.3) is 44.1 Å². The number of aromatic nitrogens is 2. The van der Waals surface area contributed by atoms with Gasteiger partial charge in [0.15, 0.2) is 0 Å². The third kappa shape index (κ3) is 8.05. The second kappa shape index (κ2) is 15.3. The first-order chi connectivity index (χ1) is 23.5. The second-order valence-corrected chi connectivity index (χ2v) is 11.9. The van der Waals surface area contributed by atoms with Crippen LogP contribution in [0.2, 0.25) is 0 Å². The molecule has 0 aliphatic carbocycles. The molecule has 0 bridgehead atoms. The fourth-order valence-corrected chi connectivity index (χ4v) is 5.82. The van der Waals surface area contributed by atoms with Crippen LogP contribution in [0.1, 0.15) is 55.5 Å². The Labute approximate surface area is 283 Å². The van der Waals surface area contributed by atoms with Crippen LogP contribution in [0, 0.1) is 0 Å². The van der Waals surface area contributed by atoms with Crippen molar-refractivity contribution in [2.45, 2.75) is 58.8 Å². The summed E-state index contributed by atoms with van der Waals surface area (Å²) in [5.74, 6) is -1.55. The van der Waals surface area contributed by atoms with Crippen molar-refractivity contribution in [3.05, 3.63) is 115 Å². The smallest absolute Gasteiger partial charge is 0.416 e. The number of aliphatic carboxylic acids is 1. The number of ether oxygens (including phenoxy) is 1. The van der Waals surface area contributed by atoms with E-state index in [1.807, 2.05) is 65.2 Å². The van der Waals surface area contributed by atoms with E-state index in [9.17, 15) is 22.8 Å². The normalized spacial score (nSPS) is 11.4. The zero-order chi connectivity index (χ0) is 35.1. The maximum absolute atomic E-state index is 12.6. The number of unbranched alkanes of at least 4 members (excludes halogenated alkanes) is 2. The first-order valence-electron chi connectivity index (χ1n) is 16.4. The number of alkyl halides is 3. The number of halogens is 3. The number of benzene rings is 4. The highest BCUT2D eigenvalue weighted by Crippen LogP contribution is 2.33. The van der Waals surface area contributed by atoms with Gasteiger partial charge in [0.2, 0.25) is 0 Å². The molecule has 2 heterocycles. The minimum Gasteiger partial charge on any atom is -0.497 e. The number of carboxylic acids is 1. The van der Waals surface area contributed by atoms with Gasteiger partial charge in [-0.3, -0.25) is 4.79 Å². The number of methoxy groups -OCH3 is 1. The number of carbonyl (C=O) groups excluding carboxylic acids is 1. The maximum Gasteiger partial charge on any atom is 0.416 e. The molecule has 9 heteroatoms. The Morgan fingerprint density at radius 2 is 1.27 bits per heavy atom. The average molecular weight is 669 g/mol. The van der Waals surface area contributed by atoms with Crippen molar-refractivity contribution < 1.29 is 32.6 Å². The molecule has 0 saturated carbocycles. The standard InChI is InChI=1S/C21H21NO4.C19H18F3N/c1-3-4-11-22-13-18(20(23)21(24)25)17-12-15(7-10-19(17)22)14-5-8-16(26-2)9-6-14;1-2-3-11-23-12-10-16-13-15(6-9-18(16)23)14-4-7-17(8-5-14)19(20,21)22/h5-10,12-13H,3-4,11H2,1-2H3,(H,24,25);4-10,12-13H,2-3,11H2,1H3. The second-order valence-electron chi connectivity index (χ2n) is 11.9. The van der Waals surface area contributed by atoms with Gasteiger partial charge in [-0.05, 0) is 89.7 Å². The van der Waals surface area contributed by atoms with Gasteiger partial charge >= 0.3 is 12.1 Å². The van der Waals surface area contributed by atoms with Crippen LogP contribution < -0.4 is 4.74 Å². The predicted molar refractivity (Wildman–Crippen MR) is 188 cm³/mol. The molecule has 1 N–H and O–H groups in total. The molecule has 0 unspecified atom stereocenters. The number of hydrogen-bond acceptors (Lipinski definition) is 3. The number of hydrogen-bond donors (Lipinski definition) is 1. The van der Waals surface area contributed by atoms with Gasteiger partial charge in [0.1, 0.15) is 5.75 Å². The minimum atomic E-state index is -4.29. The van der Waals surface area contributed by atoms with Crippen molar-refractivity contribution in [2.24, 2.45) is 0 Å². The van der Waals surface area contributed by atoms with E-state index in [4.69, 9.17) is 9.84 Å². The topological polar surface area (TPSA) is 73.5 Å². The van der Waals surface area contributed by atoms with Crippen LogP contribution in [-0.2, 0) is 24.1 Å². The maximum atomic E-state index is 12.6. The lowest BCUT2D eigenvalue weighted by atomic mass is 10.0. The Kier molecular flexibility index (Phi) is 10.9. The Hall–Kier alpha value is -5.31. The van der Waals surface area contributed by atoms with Gasteiger partial charge in [-0.25, -0.2) is 4.79 Å². The molecule has 0 aliphatic heterocycles. The first kappa shape index (κ1) is 35.0. The van der Waals surface area contributed by atoms with Gasteiger partial charge in [0.05, 0.1) is 18.2 Å². The van der Waals surface area contributed by atoms with Gasteiger partial charge in [0, 0.05) is 47.3 Å². The van der Waals surface area contributed by atoms with E-state index in [0.29, 0.717) is 5.39 Å². The number of nitrogens with zero attached hydrogens (tertiary/aromatic N) is 2. The summed E-state index contributed by atoms with van der Waals surface area (Å²) < 4.78 is 47.3. The van der Waals surface area contributed by atoms with E-state index in [-0.39, 0.29) is 5.56 Å². The highest BCUT2D eigenvalue weighted by atomic mass is 19.4. The molecule has 0 radical (unpaired) electrons. The summed E-state index contributed by atoms with van der Waals surface area (Å²) in [7, 11) is 1.61. The summed E-state index contributed by atoms with van der Waals surface area (Å²) in [5, 5.41) is 10.9. The first-order valence-corrected chi connectivity index (χ1v) is 16.4. The molecule has 49 heavy (non-hydrogen) atoms. The monoisotopic (exact) mass is 668 g/mol. The molecular weight excluding hydrogens is 629 g/mol. The van der Waals surface area contributed by atoms with E-state index >= 15 is 0 Å². The van der Waals surface area contributed by atoms with E-state index in [2.05, 4.69) is 30.7 Å². The molecule has 4 aromatic carbocycles. The highest BCUT2D eigenvalue weighted by molar-refractivity contribution is 6.42. The Balaban J connectivity index is 0.000000192. The zero-order valence-corrected chi connectivity index (χ0v) is 27.8. The number of carbonyl (C=O) groups is 2. The van der Waals surface area contributed by atoms with Gasteiger partial charge in [-0.2, -0.15) is 13.2 Å². The van der Waals surface area contributed by atoms with Crippen LogP contribution in [0.3, 0.4) is 0 Å².